The summed E-state index contributed by atoms with van der Waals surface area (Å²) in [5, 5.41) is 10.4. The third-order valence-electron chi connectivity index (χ3n) is 2.90. The molecule has 0 heterocycles. The molecule has 3 heteroatoms. The summed E-state index contributed by atoms with van der Waals surface area (Å²) >= 11 is 0. The van der Waals surface area contributed by atoms with E-state index >= 15 is 0 Å². The van der Waals surface area contributed by atoms with Crippen LogP contribution in [0.3, 0.4) is 0 Å². The van der Waals surface area contributed by atoms with Gasteiger partial charge in [-0.15, -0.1) is 0 Å². The molecule has 0 atom stereocenters. The van der Waals surface area contributed by atoms with Crippen LogP contribution in [0.25, 0.3) is 0 Å². The minimum absolute atomic E-state index is 0.0738. The van der Waals surface area contributed by atoms with E-state index in [0.717, 1.165) is 31.3 Å². The Hall–Kier alpha value is -1.64. The number of hydrogen-bond acceptors (Lipinski definition) is 2. The van der Waals surface area contributed by atoms with Crippen LogP contribution in [-0.2, 0) is 4.79 Å². The second-order valence-electron chi connectivity index (χ2n) is 4.37. The van der Waals surface area contributed by atoms with Gasteiger partial charge in [0.05, 0.1) is 12.3 Å². The smallest absolute Gasteiger partial charge is 0.251 e. The highest BCUT2D eigenvalue weighted by molar-refractivity contribution is 6.01. The normalized spacial score (nSPS) is 15.2. The van der Waals surface area contributed by atoms with Crippen molar-refractivity contribution < 1.29 is 4.79 Å². The first-order chi connectivity index (χ1) is 8.67. The highest BCUT2D eigenvalue weighted by Crippen LogP contribution is 2.19. The third-order valence-corrected chi connectivity index (χ3v) is 2.90. The lowest BCUT2D eigenvalue weighted by molar-refractivity contribution is -0.116. The van der Waals surface area contributed by atoms with Gasteiger partial charge in [-0.2, -0.15) is 0 Å². The Balaban J connectivity index is 2.46. The Morgan fingerprint density at radius 2 is 2.28 bits per heavy atom. The predicted molar refractivity (Wildman–Crippen MR) is 75.9 cm³/mol. The van der Waals surface area contributed by atoms with Crippen molar-refractivity contribution in [1.82, 2.24) is 5.32 Å². The Labute approximate surface area is 109 Å². The predicted octanol–water partition coefficient (Wildman–Crippen LogP) is 3.15. The van der Waals surface area contributed by atoms with Gasteiger partial charge in [0.15, 0.2) is 0 Å². The molecule has 0 spiro atoms. The zero-order valence-electron chi connectivity index (χ0n) is 11.3. The van der Waals surface area contributed by atoms with Crippen molar-refractivity contribution in [1.29, 1.82) is 5.41 Å². The first-order valence-electron chi connectivity index (χ1n) is 6.59. The number of carbonyl (C=O) groups is 1. The van der Waals surface area contributed by atoms with Gasteiger partial charge < -0.3 is 10.7 Å². The quantitative estimate of drug-likeness (QED) is 0.695. The minimum atomic E-state index is -0.0738. The first-order valence-corrected chi connectivity index (χ1v) is 6.59. The van der Waals surface area contributed by atoms with Crippen molar-refractivity contribution in [3.05, 3.63) is 35.5 Å². The van der Waals surface area contributed by atoms with Crippen LogP contribution in [0.4, 0.5) is 0 Å². The van der Waals surface area contributed by atoms with E-state index in [1.165, 1.54) is 5.57 Å². The lowest BCUT2D eigenvalue weighted by Crippen LogP contribution is -2.29. The lowest BCUT2D eigenvalue weighted by Gasteiger charge is -2.12. The summed E-state index contributed by atoms with van der Waals surface area (Å²) in [6.45, 7) is 4.42. The van der Waals surface area contributed by atoms with Crippen LogP contribution in [0.2, 0.25) is 0 Å². The number of nitrogens with one attached hydrogen (secondary N) is 2. The average Bonchev–Trinajstić information content (AvgIpc) is 2.42. The van der Waals surface area contributed by atoms with Crippen molar-refractivity contribution in [2.75, 3.05) is 6.54 Å². The van der Waals surface area contributed by atoms with Gasteiger partial charge in [0, 0.05) is 5.57 Å². The fourth-order valence-electron chi connectivity index (χ4n) is 1.80. The van der Waals surface area contributed by atoms with E-state index in [4.69, 9.17) is 5.41 Å². The summed E-state index contributed by atoms with van der Waals surface area (Å²) in [7, 11) is 0. The molecule has 0 aromatic heterocycles. The molecule has 0 fully saturated rings. The molecule has 1 amide bonds. The van der Waals surface area contributed by atoms with Crippen molar-refractivity contribution in [3.8, 4) is 0 Å². The zero-order valence-corrected chi connectivity index (χ0v) is 11.3. The van der Waals surface area contributed by atoms with E-state index in [1.807, 2.05) is 25.2 Å². The van der Waals surface area contributed by atoms with E-state index in [2.05, 4.69) is 12.2 Å². The van der Waals surface area contributed by atoms with Crippen LogP contribution >= 0.6 is 0 Å². The van der Waals surface area contributed by atoms with Gasteiger partial charge in [-0.25, -0.2) is 0 Å². The molecule has 98 valence electrons. The van der Waals surface area contributed by atoms with E-state index in [-0.39, 0.29) is 5.91 Å². The molecule has 0 aromatic rings. The number of hydrogen-bond donors (Lipinski definition) is 2. The number of allylic oxidation sites excluding steroid dienone is 3. The third kappa shape index (κ3) is 4.70. The van der Waals surface area contributed by atoms with Crippen molar-refractivity contribution >= 4 is 11.6 Å². The van der Waals surface area contributed by atoms with Gasteiger partial charge in [-0.1, -0.05) is 37.6 Å². The largest absolute Gasteiger partial charge is 0.346 e. The Morgan fingerprint density at radius 3 is 2.94 bits per heavy atom. The molecular formula is C15H22N2O. The molecule has 18 heavy (non-hydrogen) atoms. The maximum atomic E-state index is 11.9. The summed E-state index contributed by atoms with van der Waals surface area (Å²) < 4.78 is 0. The maximum Gasteiger partial charge on any atom is 0.251 e. The molecule has 1 rings (SSSR count). The van der Waals surface area contributed by atoms with Crippen LogP contribution in [0.1, 0.15) is 39.5 Å². The second-order valence-corrected chi connectivity index (χ2v) is 4.37. The molecule has 0 aromatic carbocycles. The average molecular weight is 246 g/mol. The molecule has 0 radical (unpaired) electrons. The van der Waals surface area contributed by atoms with Crippen LogP contribution in [0.15, 0.2) is 35.5 Å². The fraction of sp³-hybridized carbons (Fsp3) is 0.467. The molecule has 0 bridgehead atoms. The van der Waals surface area contributed by atoms with Gasteiger partial charge in [0.2, 0.25) is 0 Å². The van der Waals surface area contributed by atoms with Crippen LogP contribution in [0, 0.1) is 5.41 Å². The summed E-state index contributed by atoms with van der Waals surface area (Å²) in [6, 6.07) is 0. The number of amides is 1. The summed E-state index contributed by atoms with van der Waals surface area (Å²) in [6.07, 6.45) is 11.5. The Bertz CT molecular complexity index is 403. The van der Waals surface area contributed by atoms with Crippen LogP contribution in [0.5, 0.6) is 0 Å². The van der Waals surface area contributed by atoms with Gasteiger partial charge in [0.1, 0.15) is 0 Å². The van der Waals surface area contributed by atoms with E-state index in [0.29, 0.717) is 12.3 Å². The summed E-state index contributed by atoms with van der Waals surface area (Å²) in [4.78, 5) is 11.9. The molecule has 0 saturated heterocycles. The standard InChI is InChI=1S/C15H22N2O/c1-3-5-9-14(16)11-17-15(18)13-8-6-7-12(4-2)10-13/h5,8-10,16H,3-4,6-7,11H2,1-2H3,(H,17,18)/b9-5-,16-14?. The van der Waals surface area contributed by atoms with E-state index < -0.39 is 0 Å². The van der Waals surface area contributed by atoms with Crippen LogP contribution in [-0.4, -0.2) is 18.2 Å². The second kappa shape index (κ2) is 7.64. The van der Waals surface area contributed by atoms with Gasteiger partial charge in [0.25, 0.3) is 5.91 Å². The Morgan fingerprint density at radius 1 is 1.50 bits per heavy atom. The number of rotatable bonds is 6. The summed E-state index contributed by atoms with van der Waals surface area (Å²) in [5.41, 5.74) is 2.50. The summed E-state index contributed by atoms with van der Waals surface area (Å²) in [5.74, 6) is -0.0738. The highest BCUT2D eigenvalue weighted by atomic mass is 16.1. The monoisotopic (exact) mass is 246 g/mol. The SMILES string of the molecule is CC/C=C\C(=N)CNC(=O)C1=CCCC(CC)=C1. The van der Waals surface area contributed by atoms with Crippen molar-refractivity contribution in [2.45, 2.75) is 39.5 Å². The van der Waals surface area contributed by atoms with Crippen molar-refractivity contribution in [3.63, 3.8) is 0 Å². The molecule has 0 unspecified atom stereocenters. The minimum Gasteiger partial charge on any atom is -0.346 e. The molecule has 3 nitrogen and oxygen atoms in total. The molecule has 0 saturated carbocycles. The fourth-order valence-corrected chi connectivity index (χ4v) is 1.80. The molecular weight excluding hydrogens is 224 g/mol. The van der Waals surface area contributed by atoms with E-state index in [1.54, 1.807) is 6.08 Å². The first kappa shape index (κ1) is 14.4. The lowest BCUT2D eigenvalue weighted by atomic mass is 9.97. The Kier molecular flexibility index (Phi) is 6.12. The molecule has 2 N–H and O–H groups in total. The molecule has 0 aliphatic heterocycles. The van der Waals surface area contributed by atoms with Crippen molar-refractivity contribution in [2.24, 2.45) is 0 Å². The van der Waals surface area contributed by atoms with E-state index in [9.17, 15) is 4.79 Å². The molecule has 1 aliphatic rings. The van der Waals surface area contributed by atoms with Crippen LogP contribution < -0.4 is 5.32 Å². The zero-order chi connectivity index (χ0) is 13.4. The highest BCUT2D eigenvalue weighted by Gasteiger charge is 2.11. The maximum absolute atomic E-state index is 11.9. The van der Waals surface area contributed by atoms with Gasteiger partial charge >= 0.3 is 0 Å². The van der Waals surface area contributed by atoms with Gasteiger partial charge in [-0.3, -0.25) is 4.79 Å². The molecule has 1 aliphatic carbocycles. The van der Waals surface area contributed by atoms with Gasteiger partial charge in [-0.05, 0) is 31.8 Å². The topological polar surface area (TPSA) is 53.0 Å². The number of carbonyl (C=O) groups excluding carboxylic acids is 1.